The number of benzene rings is 1. The van der Waals surface area contributed by atoms with Crippen LogP contribution in [-0.4, -0.2) is 40.8 Å². The summed E-state index contributed by atoms with van der Waals surface area (Å²) in [4.78, 5) is 25.8. The van der Waals surface area contributed by atoms with Crippen molar-refractivity contribution in [3.05, 3.63) is 35.4 Å². The molecule has 3 rings (SSSR count). The van der Waals surface area contributed by atoms with E-state index in [-0.39, 0.29) is 35.9 Å². The van der Waals surface area contributed by atoms with E-state index in [2.05, 4.69) is 0 Å². The molecular weight excluding hydrogens is 278 g/mol. The lowest BCUT2D eigenvalue weighted by molar-refractivity contribution is -0.0463. The smallest absolute Gasteiger partial charge is 0.261 e. The van der Waals surface area contributed by atoms with Crippen LogP contribution in [0.4, 0.5) is 0 Å². The Bertz CT molecular complexity index is 515. The molecule has 2 aliphatic heterocycles. The monoisotopic (exact) mass is 293 g/mol. The van der Waals surface area contributed by atoms with Crippen LogP contribution in [0.15, 0.2) is 24.3 Å². The number of hydrogen-bond donors (Lipinski definition) is 0. The molecule has 4 nitrogen and oxygen atoms in total. The SMILES string of the molecule is C[C@@H]1C[C@H](Cl)C[C@H](CN2C(=O)c3ccccc3C2=O)O1. The molecule has 2 aliphatic rings. The van der Waals surface area contributed by atoms with Gasteiger partial charge in [0.2, 0.25) is 0 Å². The first-order valence-corrected chi connectivity index (χ1v) is 7.24. The van der Waals surface area contributed by atoms with Gasteiger partial charge in [-0.05, 0) is 31.9 Å². The quantitative estimate of drug-likeness (QED) is 0.621. The van der Waals surface area contributed by atoms with Crippen LogP contribution in [0.2, 0.25) is 0 Å². The minimum absolute atomic E-state index is 0.0407. The Balaban J connectivity index is 1.76. The highest BCUT2D eigenvalue weighted by Gasteiger charge is 2.38. The summed E-state index contributed by atoms with van der Waals surface area (Å²) in [7, 11) is 0. The molecule has 0 N–H and O–H groups in total. The molecule has 2 heterocycles. The summed E-state index contributed by atoms with van der Waals surface area (Å²) >= 11 is 6.19. The van der Waals surface area contributed by atoms with Gasteiger partial charge in [0.05, 0.1) is 29.9 Å². The van der Waals surface area contributed by atoms with Gasteiger partial charge in [0, 0.05) is 5.38 Å². The number of fused-ring (bicyclic) bond motifs is 1. The van der Waals surface area contributed by atoms with E-state index in [9.17, 15) is 9.59 Å². The van der Waals surface area contributed by atoms with E-state index in [1.807, 2.05) is 6.92 Å². The molecule has 0 bridgehead atoms. The van der Waals surface area contributed by atoms with Crippen LogP contribution in [0.3, 0.4) is 0 Å². The number of carbonyl (C=O) groups is 2. The number of rotatable bonds is 2. The van der Waals surface area contributed by atoms with Crippen molar-refractivity contribution in [1.82, 2.24) is 4.90 Å². The van der Waals surface area contributed by atoms with E-state index in [1.165, 1.54) is 4.90 Å². The van der Waals surface area contributed by atoms with E-state index in [0.29, 0.717) is 17.5 Å². The van der Waals surface area contributed by atoms with E-state index >= 15 is 0 Å². The van der Waals surface area contributed by atoms with E-state index < -0.39 is 0 Å². The molecule has 1 aromatic rings. The molecule has 1 fully saturated rings. The molecule has 0 radical (unpaired) electrons. The molecule has 1 aromatic carbocycles. The van der Waals surface area contributed by atoms with Crippen LogP contribution in [0.1, 0.15) is 40.5 Å². The zero-order valence-electron chi connectivity index (χ0n) is 11.2. The predicted molar refractivity (Wildman–Crippen MR) is 75.0 cm³/mol. The average molecular weight is 294 g/mol. The van der Waals surface area contributed by atoms with Gasteiger partial charge in [0.15, 0.2) is 0 Å². The molecule has 0 unspecified atom stereocenters. The Morgan fingerprint density at radius 1 is 1.20 bits per heavy atom. The number of nitrogens with zero attached hydrogens (tertiary/aromatic N) is 1. The molecule has 3 atom stereocenters. The lowest BCUT2D eigenvalue weighted by Crippen LogP contribution is -2.43. The molecule has 0 saturated carbocycles. The van der Waals surface area contributed by atoms with Gasteiger partial charge in [-0.2, -0.15) is 0 Å². The molecule has 0 aliphatic carbocycles. The second-order valence-electron chi connectivity index (χ2n) is 5.40. The first-order valence-electron chi connectivity index (χ1n) is 6.81. The number of amides is 2. The zero-order valence-corrected chi connectivity index (χ0v) is 12.0. The average Bonchev–Trinajstić information content (AvgIpc) is 2.64. The van der Waals surface area contributed by atoms with Crippen molar-refractivity contribution in [2.45, 2.75) is 37.4 Å². The summed E-state index contributed by atoms with van der Waals surface area (Å²) in [6.07, 6.45) is 1.36. The number of hydrogen-bond acceptors (Lipinski definition) is 3. The number of carbonyl (C=O) groups excluding carboxylic acids is 2. The fraction of sp³-hybridized carbons (Fsp3) is 0.467. The largest absolute Gasteiger partial charge is 0.373 e. The van der Waals surface area contributed by atoms with E-state index in [4.69, 9.17) is 16.3 Å². The Hall–Kier alpha value is -1.39. The van der Waals surface area contributed by atoms with Gasteiger partial charge in [-0.25, -0.2) is 0 Å². The van der Waals surface area contributed by atoms with Crippen LogP contribution in [0, 0.1) is 0 Å². The molecule has 5 heteroatoms. The van der Waals surface area contributed by atoms with Gasteiger partial charge in [-0.15, -0.1) is 11.6 Å². The van der Waals surface area contributed by atoms with E-state index in [0.717, 1.165) is 6.42 Å². The van der Waals surface area contributed by atoms with Crippen molar-refractivity contribution < 1.29 is 14.3 Å². The molecule has 1 saturated heterocycles. The van der Waals surface area contributed by atoms with Gasteiger partial charge in [0.25, 0.3) is 11.8 Å². The summed E-state index contributed by atoms with van der Waals surface area (Å²) in [5.41, 5.74) is 0.951. The molecule has 2 amide bonds. The van der Waals surface area contributed by atoms with Gasteiger partial charge >= 0.3 is 0 Å². The standard InChI is InChI=1S/C15H16ClNO3/c1-9-6-10(16)7-11(20-9)8-17-14(18)12-4-2-3-5-13(12)15(17)19/h2-5,9-11H,6-8H2,1H3/t9-,10+,11-/m1/s1. The Labute approximate surface area is 122 Å². The third-order valence-electron chi connectivity index (χ3n) is 3.80. The number of imide groups is 1. The number of ether oxygens (including phenoxy) is 1. The van der Waals surface area contributed by atoms with Gasteiger partial charge in [-0.3, -0.25) is 14.5 Å². The Kier molecular flexibility index (Phi) is 3.52. The minimum Gasteiger partial charge on any atom is -0.373 e. The summed E-state index contributed by atoms with van der Waals surface area (Å²) in [5.74, 6) is -0.475. The van der Waals surface area contributed by atoms with E-state index in [1.54, 1.807) is 24.3 Å². The lowest BCUT2D eigenvalue weighted by Gasteiger charge is -2.32. The number of halogens is 1. The zero-order chi connectivity index (χ0) is 14.3. The van der Waals surface area contributed by atoms with Crippen molar-refractivity contribution in [3.8, 4) is 0 Å². The normalized spacial score (nSPS) is 29.7. The third-order valence-corrected chi connectivity index (χ3v) is 4.15. The van der Waals surface area contributed by atoms with Crippen molar-refractivity contribution in [1.29, 1.82) is 0 Å². The van der Waals surface area contributed by atoms with Crippen LogP contribution >= 0.6 is 11.6 Å². The second kappa shape index (κ2) is 5.19. The molecule has 106 valence electrons. The van der Waals surface area contributed by atoms with Crippen molar-refractivity contribution in [3.63, 3.8) is 0 Å². The van der Waals surface area contributed by atoms with Crippen molar-refractivity contribution in [2.24, 2.45) is 0 Å². The predicted octanol–water partition coefficient (Wildman–Crippen LogP) is 2.46. The Morgan fingerprint density at radius 3 is 2.35 bits per heavy atom. The Morgan fingerprint density at radius 2 is 1.80 bits per heavy atom. The first kappa shape index (κ1) is 13.6. The maximum absolute atomic E-state index is 12.3. The first-order chi connectivity index (χ1) is 9.56. The van der Waals surface area contributed by atoms with Crippen molar-refractivity contribution >= 4 is 23.4 Å². The maximum Gasteiger partial charge on any atom is 0.261 e. The minimum atomic E-state index is -0.237. The topological polar surface area (TPSA) is 46.6 Å². The fourth-order valence-electron chi connectivity index (χ4n) is 2.91. The van der Waals surface area contributed by atoms with Crippen LogP contribution in [0.25, 0.3) is 0 Å². The van der Waals surface area contributed by atoms with Gasteiger partial charge in [0.1, 0.15) is 0 Å². The summed E-state index contributed by atoms with van der Waals surface area (Å²) in [6.45, 7) is 2.24. The summed E-state index contributed by atoms with van der Waals surface area (Å²) < 4.78 is 5.78. The molecule has 20 heavy (non-hydrogen) atoms. The molecule has 0 aromatic heterocycles. The lowest BCUT2D eigenvalue weighted by atomic mass is 10.0. The highest BCUT2D eigenvalue weighted by atomic mass is 35.5. The second-order valence-corrected chi connectivity index (χ2v) is 6.02. The highest BCUT2D eigenvalue weighted by molar-refractivity contribution is 6.21. The highest BCUT2D eigenvalue weighted by Crippen LogP contribution is 2.27. The van der Waals surface area contributed by atoms with Crippen LogP contribution in [0.5, 0.6) is 0 Å². The summed E-state index contributed by atoms with van der Waals surface area (Å²) in [5, 5.41) is 0.0407. The number of alkyl halides is 1. The third kappa shape index (κ3) is 2.34. The van der Waals surface area contributed by atoms with Gasteiger partial charge < -0.3 is 4.74 Å². The summed E-state index contributed by atoms with van der Waals surface area (Å²) in [6, 6.07) is 6.90. The molecule has 0 spiro atoms. The maximum atomic E-state index is 12.3. The van der Waals surface area contributed by atoms with Crippen LogP contribution in [-0.2, 0) is 4.74 Å². The molecular formula is C15H16ClNO3. The van der Waals surface area contributed by atoms with Crippen LogP contribution < -0.4 is 0 Å². The van der Waals surface area contributed by atoms with Crippen molar-refractivity contribution in [2.75, 3.05) is 6.54 Å². The van der Waals surface area contributed by atoms with Gasteiger partial charge in [-0.1, -0.05) is 12.1 Å². The fourth-order valence-corrected chi connectivity index (χ4v) is 3.36.